The van der Waals surface area contributed by atoms with Gasteiger partial charge in [0, 0.05) is 33.2 Å². The van der Waals surface area contributed by atoms with Gasteiger partial charge >= 0.3 is 0 Å². The zero-order valence-corrected chi connectivity index (χ0v) is 10.7. The van der Waals surface area contributed by atoms with Gasteiger partial charge < -0.3 is 10.5 Å². The highest BCUT2D eigenvalue weighted by atomic mass is 19.1. The second-order valence-corrected chi connectivity index (χ2v) is 4.17. The van der Waals surface area contributed by atoms with Crippen molar-refractivity contribution in [2.24, 2.45) is 5.73 Å². The molecule has 0 saturated carbocycles. The summed E-state index contributed by atoms with van der Waals surface area (Å²) in [5.74, 6) is -0.0533. The van der Waals surface area contributed by atoms with E-state index in [9.17, 15) is 4.39 Å². The summed E-state index contributed by atoms with van der Waals surface area (Å²) in [5, 5.41) is 7.24. The summed E-state index contributed by atoms with van der Waals surface area (Å²) in [4.78, 5) is 2.14. The molecule has 1 rings (SSSR count). The molecule has 1 aromatic carbocycles. The topological polar surface area (TPSA) is 62.3 Å². The van der Waals surface area contributed by atoms with Gasteiger partial charge in [-0.15, -0.1) is 0 Å². The molecule has 0 saturated heterocycles. The molecular formula is C13H20FN3O. The summed E-state index contributed by atoms with van der Waals surface area (Å²) in [6.45, 7) is 2.80. The molecule has 0 aliphatic heterocycles. The van der Waals surface area contributed by atoms with Crippen molar-refractivity contribution < 1.29 is 9.13 Å². The molecule has 100 valence electrons. The molecule has 0 amide bonds. The first-order chi connectivity index (χ1) is 8.61. The van der Waals surface area contributed by atoms with Crippen LogP contribution in [0.4, 0.5) is 4.39 Å². The average Bonchev–Trinajstić information content (AvgIpc) is 2.35. The van der Waals surface area contributed by atoms with Crippen LogP contribution in [-0.4, -0.2) is 37.5 Å². The highest BCUT2D eigenvalue weighted by molar-refractivity contribution is 5.76. The molecule has 5 heteroatoms. The molecule has 3 N–H and O–H groups in total. The van der Waals surface area contributed by atoms with E-state index in [4.69, 9.17) is 15.9 Å². The molecule has 0 aliphatic rings. The van der Waals surface area contributed by atoms with Crippen LogP contribution in [0.15, 0.2) is 24.3 Å². The predicted molar refractivity (Wildman–Crippen MR) is 70.1 cm³/mol. The first-order valence-electron chi connectivity index (χ1n) is 5.90. The van der Waals surface area contributed by atoms with Crippen LogP contribution < -0.4 is 5.73 Å². The smallest absolute Gasteiger partial charge is 0.123 e. The third kappa shape index (κ3) is 5.75. The Morgan fingerprint density at radius 3 is 2.56 bits per heavy atom. The number of methoxy groups -OCH3 is 1. The van der Waals surface area contributed by atoms with Gasteiger partial charge in [0.2, 0.25) is 0 Å². The third-order valence-electron chi connectivity index (χ3n) is 2.63. The van der Waals surface area contributed by atoms with Gasteiger partial charge in [-0.2, -0.15) is 0 Å². The summed E-state index contributed by atoms with van der Waals surface area (Å²) >= 11 is 0. The fourth-order valence-corrected chi connectivity index (χ4v) is 1.62. The van der Waals surface area contributed by atoms with Crippen LogP contribution in [-0.2, 0) is 11.3 Å². The van der Waals surface area contributed by atoms with Crippen LogP contribution in [0, 0.1) is 11.2 Å². The Balaban J connectivity index is 2.53. The molecule has 0 unspecified atom stereocenters. The van der Waals surface area contributed by atoms with Crippen molar-refractivity contribution in [2.75, 3.05) is 26.8 Å². The minimum absolute atomic E-state index is 0.177. The monoisotopic (exact) mass is 253 g/mol. The zero-order chi connectivity index (χ0) is 13.4. The maximum absolute atomic E-state index is 12.8. The number of hydrogen-bond donors (Lipinski definition) is 2. The fourth-order valence-electron chi connectivity index (χ4n) is 1.62. The molecule has 18 heavy (non-hydrogen) atoms. The molecule has 4 nitrogen and oxygen atoms in total. The quantitative estimate of drug-likeness (QED) is 0.546. The van der Waals surface area contributed by atoms with Crippen molar-refractivity contribution in [1.29, 1.82) is 5.41 Å². The molecule has 0 aromatic heterocycles. The van der Waals surface area contributed by atoms with Crippen LogP contribution in [0.5, 0.6) is 0 Å². The van der Waals surface area contributed by atoms with Crippen LogP contribution in [0.3, 0.4) is 0 Å². The number of nitrogens with two attached hydrogens (primary N) is 1. The summed E-state index contributed by atoms with van der Waals surface area (Å²) in [6, 6.07) is 6.44. The van der Waals surface area contributed by atoms with Crippen molar-refractivity contribution in [2.45, 2.75) is 13.0 Å². The molecule has 0 heterocycles. The van der Waals surface area contributed by atoms with Gasteiger partial charge in [0.1, 0.15) is 5.82 Å². The van der Waals surface area contributed by atoms with E-state index < -0.39 is 0 Å². The molecule has 1 aromatic rings. The minimum atomic E-state index is -0.231. The highest BCUT2D eigenvalue weighted by Gasteiger charge is 2.06. The van der Waals surface area contributed by atoms with Crippen LogP contribution in [0.25, 0.3) is 0 Å². The van der Waals surface area contributed by atoms with E-state index in [1.165, 1.54) is 12.1 Å². The molecule has 0 aliphatic carbocycles. The lowest BCUT2D eigenvalue weighted by molar-refractivity contribution is 0.145. The number of nitrogens with zero attached hydrogens (tertiary/aromatic N) is 1. The summed E-state index contributed by atoms with van der Waals surface area (Å²) in [7, 11) is 1.65. The van der Waals surface area contributed by atoms with Crippen molar-refractivity contribution in [3.8, 4) is 0 Å². The Morgan fingerprint density at radius 2 is 2.00 bits per heavy atom. The van der Waals surface area contributed by atoms with E-state index in [0.717, 1.165) is 12.1 Å². The van der Waals surface area contributed by atoms with E-state index >= 15 is 0 Å². The number of halogens is 1. The summed E-state index contributed by atoms with van der Waals surface area (Å²) < 4.78 is 17.9. The van der Waals surface area contributed by atoms with E-state index in [-0.39, 0.29) is 11.7 Å². The van der Waals surface area contributed by atoms with Crippen molar-refractivity contribution >= 4 is 5.84 Å². The van der Waals surface area contributed by atoms with Gasteiger partial charge in [-0.05, 0) is 17.7 Å². The highest BCUT2D eigenvalue weighted by Crippen LogP contribution is 2.07. The predicted octanol–water partition coefficient (Wildman–Crippen LogP) is 1.60. The molecule has 0 radical (unpaired) electrons. The zero-order valence-electron chi connectivity index (χ0n) is 10.7. The van der Waals surface area contributed by atoms with E-state index in [1.54, 1.807) is 19.2 Å². The Bertz CT molecular complexity index is 367. The maximum Gasteiger partial charge on any atom is 0.123 e. The maximum atomic E-state index is 12.8. The Labute approximate surface area is 107 Å². The molecule has 0 atom stereocenters. The number of rotatable bonds is 8. The average molecular weight is 253 g/mol. The summed E-state index contributed by atoms with van der Waals surface area (Å²) in [6.07, 6.45) is 0.533. The molecule has 0 bridgehead atoms. The van der Waals surface area contributed by atoms with E-state index in [1.807, 2.05) is 0 Å². The second-order valence-electron chi connectivity index (χ2n) is 4.17. The van der Waals surface area contributed by atoms with Gasteiger partial charge in [0.15, 0.2) is 0 Å². The minimum Gasteiger partial charge on any atom is -0.388 e. The van der Waals surface area contributed by atoms with Gasteiger partial charge in [-0.3, -0.25) is 10.3 Å². The van der Waals surface area contributed by atoms with E-state index in [2.05, 4.69) is 4.90 Å². The normalized spacial score (nSPS) is 10.8. The van der Waals surface area contributed by atoms with Gasteiger partial charge in [0.05, 0.1) is 12.4 Å². The van der Waals surface area contributed by atoms with Crippen molar-refractivity contribution in [3.05, 3.63) is 35.6 Å². The number of hydrogen-bond acceptors (Lipinski definition) is 3. The van der Waals surface area contributed by atoms with Crippen molar-refractivity contribution in [1.82, 2.24) is 4.90 Å². The standard InChI is InChI=1S/C13H20FN3O/c1-18-9-8-17(7-6-13(15)16)10-11-2-4-12(14)5-3-11/h2-5H,6-10H2,1H3,(H3,15,16). The van der Waals surface area contributed by atoms with Crippen LogP contribution in [0.1, 0.15) is 12.0 Å². The second kappa shape index (κ2) is 7.79. The molecule has 0 spiro atoms. The van der Waals surface area contributed by atoms with Gasteiger partial charge in [0.25, 0.3) is 0 Å². The molecular weight excluding hydrogens is 233 g/mol. The number of nitrogens with one attached hydrogen (secondary N) is 1. The Morgan fingerprint density at radius 1 is 1.33 bits per heavy atom. The SMILES string of the molecule is COCCN(CCC(=N)N)Cc1ccc(F)cc1. The Hall–Kier alpha value is -1.46. The fraction of sp³-hybridized carbons (Fsp3) is 0.462. The summed E-state index contributed by atoms with van der Waals surface area (Å²) in [5.41, 5.74) is 6.40. The first kappa shape index (κ1) is 14.6. The van der Waals surface area contributed by atoms with E-state index in [0.29, 0.717) is 26.1 Å². The largest absolute Gasteiger partial charge is 0.388 e. The lowest BCUT2D eigenvalue weighted by Gasteiger charge is -2.21. The number of amidine groups is 1. The lowest BCUT2D eigenvalue weighted by Crippen LogP contribution is -2.30. The molecule has 0 fully saturated rings. The van der Waals surface area contributed by atoms with Crippen LogP contribution in [0.2, 0.25) is 0 Å². The first-order valence-corrected chi connectivity index (χ1v) is 5.90. The number of ether oxygens (including phenoxy) is 1. The van der Waals surface area contributed by atoms with Gasteiger partial charge in [-0.25, -0.2) is 4.39 Å². The third-order valence-corrected chi connectivity index (χ3v) is 2.63. The number of benzene rings is 1. The van der Waals surface area contributed by atoms with Gasteiger partial charge in [-0.1, -0.05) is 12.1 Å². The van der Waals surface area contributed by atoms with Crippen LogP contribution >= 0.6 is 0 Å². The Kier molecular flexibility index (Phi) is 6.32. The lowest BCUT2D eigenvalue weighted by atomic mass is 10.2. The van der Waals surface area contributed by atoms with Crippen molar-refractivity contribution in [3.63, 3.8) is 0 Å².